The van der Waals surface area contributed by atoms with E-state index in [0.717, 1.165) is 12.1 Å². The van der Waals surface area contributed by atoms with E-state index in [1.165, 1.54) is 13.2 Å². The molecule has 0 aliphatic rings. The minimum atomic E-state index is -4.39. The molecule has 0 aromatic heterocycles. The predicted octanol–water partition coefficient (Wildman–Crippen LogP) is 3.05. The first-order valence-corrected chi connectivity index (χ1v) is 5.31. The van der Waals surface area contributed by atoms with Crippen LogP contribution < -0.4 is 5.32 Å². The molecular formula is C10H9BrF3NO2. The molecule has 0 unspecified atom stereocenters. The first-order valence-electron chi connectivity index (χ1n) is 4.52. The lowest BCUT2D eigenvalue weighted by atomic mass is 10.2. The van der Waals surface area contributed by atoms with Gasteiger partial charge in [0.2, 0.25) is 0 Å². The van der Waals surface area contributed by atoms with E-state index in [4.69, 9.17) is 0 Å². The average molecular weight is 312 g/mol. The van der Waals surface area contributed by atoms with Crippen molar-refractivity contribution in [2.45, 2.75) is 6.18 Å². The maximum absolute atomic E-state index is 12.4. The summed E-state index contributed by atoms with van der Waals surface area (Å²) in [5.41, 5.74) is -0.364. The van der Waals surface area contributed by atoms with Crippen molar-refractivity contribution in [2.24, 2.45) is 0 Å². The van der Waals surface area contributed by atoms with Crippen molar-refractivity contribution >= 4 is 27.6 Å². The molecule has 0 aliphatic carbocycles. The zero-order chi connectivity index (χ0) is 13.1. The number of carbonyl (C=O) groups is 1. The predicted molar refractivity (Wildman–Crippen MR) is 59.6 cm³/mol. The molecule has 0 atom stereocenters. The largest absolute Gasteiger partial charge is 0.468 e. The quantitative estimate of drug-likeness (QED) is 0.872. The summed E-state index contributed by atoms with van der Waals surface area (Å²) < 4.78 is 41.7. The molecule has 7 heteroatoms. The van der Waals surface area contributed by atoms with E-state index in [9.17, 15) is 18.0 Å². The third-order valence-electron chi connectivity index (χ3n) is 1.95. The number of carbonyl (C=O) groups excluding carboxylic acids is 1. The van der Waals surface area contributed by atoms with Crippen LogP contribution in [0.4, 0.5) is 18.9 Å². The number of methoxy groups -OCH3 is 1. The fourth-order valence-electron chi connectivity index (χ4n) is 1.07. The van der Waals surface area contributed by atoms with Crippen molar-refractivity contribution in [3.63, 3.8) is 0 Å². The highest BCUT2D eigenvalue weighted by molar-refractivity contribution is 9.10. The van der Waals surface area contributed by atoms with Gasteiger partial charge in [-0.15, -0.1) is 0 Å². The lowest BCUT2D eigenvalue weighted by Crippen LogP contribution is -2.15. The van der Waals surface area contributed by atoms with E-state index < -0.39 is 17.7 Å². The minimum Gasteiger partial charge on any atom is -0.468 e. The Morgan fingerprint density at radius 3 is 2.59 bits per heavy atom. The Balaban J connectivity index is 2.80. The van der Waals surface area contributed by atoms with Gasteiger partial charge in [0.1, 0.15) is 6.54 Å². The second-order valence-electron chi connectivity index (χ2n) is 3.12. The monoisotopic (exact) mass is 311 g/mol. The van der Waals surface area contributed by atoms with Crippen LogP contribution >= 0.6 is 15.9 Å². The van der Waals surface area contributed by atoms with Crippen LogP contribution in [0.15, 0.2) is 22.7 Å². The summed E-state index contributed by atoms with van der Waals surface area (Å²) in [4.78, 5) is 10.8. The Hall–Kier alpha value is -1.24. The Kier molecular flexibility index (Phi) is 4.39. The number of halogens is 4. The minimum absolute atomic E-state index is 0.111. The fourth-order valence-corrected chi connectivity index (χ4v) is 1.59. The Morgan fingerprint density at radius 2 is 2.12 bits per heavy atom. The highest BCUT2D eigenvalue weighted by Crippen LogP contribution is 2.33. The van der Waals surface area contributed by atoms with Crippen LogP contribution in [0.5, 0.6) is 0 Å². The number of ether oxygens (including phenoxy) is 1. The molecule has 1 aromatic carbocycles. The van der Waals surface area contributed by atoms with Crippen molar-refractivity contribution in [3.05, 3.63) is 28.2 Å². The molecule has 0 fully saturated rings. The van der Waals surface area contributed by atoms with E-state index in [1.54, 1.807) is 0 Å². The molecule has 0 amide bonds. The number of hydrogen-bond donors (Lipinski definition) is 1. The molecule has 0 heterocycles. The molecule has 1 rings (SSSR count). The molecule has 0 saturated carbocycles. The van der Waals surface area contributed by atoms with Crippen molar-refractivity contribution in [3.8, 4) is 0 Å². The van der Waals surface area contributed by atoms with Gasteiger partial charge in [-0.1, -0.05) is 0 Å². The first kappa shape index (κ1) is 13.8. The SMILES string of the molecule is COC(=O)CNc1ccc(C(F)(F)F)cc1Br. The van der Waals surface area contributed by atoms with Crippen LogP contribution in [0.1, 0.15) is 5.56 Å². The van der Waals surface area contributed by atoms with Gasteiger partial charge in [0.05, 0.1) is 12.7 Å². The third kappa shape index (κ3) is 3.92. The van der Waals surface area contributed by atoms with Gasteiger partial charge in [0.15, 0.2) is 0 Å². The Morgan fingerprint density at radius 1 is 1.47 bits per heavy atom. The Labute approximate surface area is 104 Å². The highest BCUT2D eigenvalue weighted by atomic mass is 79.9. The second-order valence-corrected chi connectivity index (χ2v) is 3.98. The van der Waals surface area contributed by atoms with Crippen LogP contribution in [0, 0.1) is 0 Å². The van der Waals surface area contributed by atoms with Gasteiger partial charge >= 0.3 is 12.1 Å². The Bertz CT molecular complexity index is 421. The van der Waals surface area contributed by atoms with Gasteiger partial charge in [-0.25, -0.2) is 0 Å². The molecule has 94 valence electrons. The van der Waals surface area contributed by atoms with Crippen molar-refractivity contribution in [1.29, 1.82) is 0 Å². The van der Waals surface area contributed by atoms with Crippen LogP contribution in [0.3, 0.4) is 0 Å². The number of rotatable bonds is 3. The molecular weight excluding hydrogens is 303 g/mol. The van der Waals surface area contributed by atoms with E-state index in [1.807, 2.05) is 0 Å². The van der Waals surface area contributed by atoms with Gasteiger partial charge < -0.3 is 10.1 Å². The van der Waals surface area contributed by atoms with Crippen LogP contribution in [0.25, 0.3) is 0 Å². The maximum Gasteiger partial charge on any atom is 0.416 e. The van der Waals surface area contributed by atoms with Gasteiger partial charge in [-0.3, -0.25) is 4.79 Å². The standard InChI is InChI=1S/C10H9BrF3NO2/c1-17-9(16)5-15-8-3-2-6(4-7(8)11)10(12,13)14/h2-4,15H,5H2,1H3. The lowest BCUT2D eigenvalue weighted by Gasteiger charge is -2.11. The second kappa shape index (κ2) is 5.39. The number of nitrogens with one attached hydrogen (secondary N) is 1. The zero-order valence-electron chi connectivity index (χ0n) is 8.77. The number of alkyl halides is 3. The van der Waals surface area contributed by atoms with Crippen molar-refractivity contribution < 1.29 is 22.7 Å². The molecule has 0 saturated heterocycles. The molecule has 0 radical (unpaired) electrons. The highest BCUT2D eigenvalue weighted by Gasteiger charge is 2.30. The summed E-state index contributed by atoms with van der Waals surface area (Å²) in [6.45, 7) is -0.111. The summed E-state index contributed by atoms with van der Waals surface area (Å²) in [6.07, 6.45) is -4.39. The van der Waals surface area contributed by atoms with Gasteiger partial charge in [0.25, 0.3) is 0 Å². The van der Waals surface area contributed by atoms with Gasteiger partial charge in [-0.2, -0.15) is 13.2 Å². The summed E-state index contributed by atoms with van der Waals surface area (Å²) >= 11 is 3.00. The fraction of sp³-hybridized carbons (Fsp3) is 0.300. The summed E-state index contributed by atoms with van der Waals surface area (Å²) in [5, 5.41) is 2.65. The van der Waals surface area contributed by atoms with E-state index in [0.29, 0.717) is 5.69 Å². The molecule has 17 heavy (non-hydrogen) atoms. The molecule has 0 bridgehead atoms. The molecule has 0 spiro atoms. The van der Waals surface area contributed by atoms with Crippen LogP contribution in [-0.4, -0.2) is 19.6 Å². The lowest BCUT2D eigenvalue weighted by molar-refractivity contribution is -0.139. The first-order chi connectivity index (χ1) is 7.84. The van der Waals surface area contributed by atoms with Crippen molar-refractivity contribution in [2.75, 3.05) is 19.0 Å². The van der Waals surface area contributed by atoms with E-state index in [-0.39, 0.29) is 11.0 Å². The van der Waals surface area contributed by atoms with Gasteiger partial charge in [-0.05, 0) is 34.1 Å². The van der Waals surface area contributed by atoms with E-state index >= 15 is 0 Å². The smallest absolute Gasteiger partial charge is 0.416 e. The number of hydrogen-bond acceptors (Lipinski definition) is 3. The summed E-state index contributed by atoms with van der Waals surface area (Å²) in [6, 6.07) is 3.12. The number of anilines is 1. The molecule has 3 nitrogen and oxygen atoms in total. The van der Waals surface area contributed by atoms with Crippen molar-refractivity contribution in [1.82, 2.24) is 0 Å². The number of benzene rings is 1. The summed E-state index contributed by atoms with van der Waals surface area (Å²) in [5.74, 6) is -0.503. The normalized spacial score (nSPS) is 11.1. The molecule has 0 aliphatic heterocycles. The summed E-state index contributed by atoms with van der Waals surface area (Å²) in [7, 11) is 1.23. The zero-order valence-corrected chi connectivity index (χ0v) is 10.4. The molecule has 1 N–H and O–H groups in total. The maximum atomic E-state index is 12.4. The average Bonchev–Trinajstić information content (AvgIpc) is 2.25. The number of esters is 1. The van der Waals surface area contributed by atoms with E-state index in [2.05, 4.69) is 26.0 Å². The van der Waals surface area contributed by atoms with Crippen LogP contribution in [-0.2, 0) is 15.7 Å². The third-order valence-corrected chi connectivity index (χ3v) is 2.60. The van der Waals surface area contributed by atoms with Crippen LogP contribution in [0.2, 0.25) is 0 Å². The molecule has 1 aromatic rings. The topological polar surface area (TPSA) is 38.3 Å². The van der Waals surface area contributed by atoms with Gasteiger partial charge in [0, 0.05) is 10.2 Å².